The van der Waals surface area contributed by atoms with Crippen LogP contribution in [0.25, 0.3) is 10.9 Å². The zero-order chi connectivity index (χ0) is 30.8. The highest BCUT2D eigenvalue weighted by atomic mass is 32.2. The molecule has 0 aliphatic heterocycles. The highest BCUT2D eigenvalue weighted by molar-refractivity contribution is 7.98. The number of hydrogen-bond donors (Lipinski definition) is 8. The average molecular weight is 600 g/mol. The molecule has 2 aromatic carbocycles. The van der Waals surface area contributed by atoms with Crippen molar-refractivity contribution in [1.29, 1.82) is 0 Å². The second-order valence-corrected chi connectivity index (χ2v) is 11.0. The molecule has 13 heteroatoms. The smallest absolute Gasteiger partial charge is 0.328 e. The van der Waals surface area contributed by atoms with Crippen molar-refractivity contribution in [3.8, 4) is 5.75 Å². The van der Waals surface area contributed by atoms with Crippen molar-refractivity contribution in [3.63, 3.8) is 0 Å². The number of aromatic nitrogens is 1. The van der Waals surface area contributed by atoms with Gasteiger partial charge in [0.1, 0.15) is 17.8 Å². The number of aliphatic carboxylic acids is 1. The molecule has 0 radical (unpaired) electrons. The molecule has 3 amide bonds. The number of aliphatic hydroxyl groups is 1. The number of aromatic amines is 1. The minimum absolute atomic E-state index is 0.00708. The number of nitrogens with two attached hydrogens (primary N) is 1. The van der Waals surface area contributed by atoms with E-state index >= 15 is 0 Å². The van der Waals surface area contributed by atoms with Gasteiger partial charge in [0.15, 0.2) is 6.04 Å². The number of phenolic OH excluding ortho intramolecular Hbond substituents is 1. The minimum atomic E-state index is -1.61. The van der Waals surface area contributed by atoms with Crippen LogP contribution in [0, 0.1) is 0 Å². The van der Waals surface area contributed by atoms with Crippen LogP contribution in [-0.4, -0.2) is 86.3 Å². The molecular formula is C29H37N5O7S. The number of para-hydroxylation sites is 1. The lowest BCUT2D eigenvalue weighted by atomic mass is 10.0. The fourth-order valence-electron chi connectivity index (χ4n) is 4.41. The monoisotopic (exact) mass is 599 g/mol. The number of thioether (sulfide) groups is 1. The normalized spacial score (nSPS) is 14.8. The van der Waals surface area contributed by atoms with Crippen molar-refractivity contribution in [2.45, 2.75) is 56.5 Å². The Hall–Kier alpha value is -4.07. The zero-order valence-electron chi connectivity index (χ0n) is 23.4. The SMILES string of the molecule is CSCCC(NC(=O)C(N)Cc1c[nH]c2ccccc12)C(=O)NC(Cc1ccc(O)cc1)C(=O)NC(C(=O)O)C(C)O. The molecule has 3 rings (SSSR count). The van der Waals surface area contributed by atoms with Crippen molar-refractivity contribution >= 4 is 46.4 Å². The summed E-state index contributed by atoms with van der Waals surface area (Å²) >= 11 is 1.47. The van der Waals surface area contributed by atoms with Crippen LogP contribution in [0.15, 0.2) is 54.7 Å². The highest BCUT2D eigenvalue weighted by Gasteiger charge is 2.32. The van der Waals surface area contributed by atoms with Crippen LogP contribution < -0.4 is 21.7 Å². The summed E-state index contributed by atoms with van der Waals surface area (Å²) in [5.74, 6) is -2.94. The maximum Gasteiger partial charge on any atom is 0.328 e. The first-order chi connectivity index (χ1) is 20.0. The molecule has 0 spiro atoms. The number of carboxylic acids is 1. The van der Waals surface area contributed by atoms with Crippen LogP contribution >= 0.6 is 11.8 Å². The number of benzene rings is 2. The quantitative estimate of drug-likeness (QED) is 0.123. The summed E-state index contributed by atoms with van der Waals surface area (Å²) in [7, 11) is 0. The number of rotatable bonds is 15. The molecule has 0 bridgehead atoms. The summed E-state index contributed by atoms with van der Waals surface area (Å²) in [5, 5.41) is 37.4. The summed E-state index contributed by atoms with van der Waals surface area (Å²) in [6.45, 7) is 1.22. The van der Waals surface area contributed by atoms with Crippen LogP contribution in [0.4, 0.5) is 0 Å². The van der Waals surface area contributed by atoms with Crippen LogP contribution in [-0.2, 0) is 32.0 Å². The van der Waals surface area contributed by atoms with E-state index in [-0.39, 0.29) is 25.0 Å². The number of hydrogen-bond acceptors (Lipinski definition) is 8. The van der Waals surface area contributed by atoms with Crippen molar-refractivity contribution in [2.24, 2.45) is 5.73 Å². The lowest BCUT2D eigenvalue weighted by molar-refractivity contribution is -0.145. The Labute approximate surface area is 247 Å². The van der Waals surface area contributed by atoms with Gasteiger partial charge in [0.2, 0.25) is 17.7 Å². The zero-order valence-corrected chi connectivity index (χ0v) is 24.2. The maximum absolute atomic E-state index is 13.4. The van der Waals surface area contributed by atoms with Gasteiger partial charge in [-0.15, -0.1) is 0 Å². The number of fused-ring (bicyclic) bond motifs is 1. The predicted molar refractivity (Wildman–Crippen MR) is 160 cm³/mol. The van der Waals surface area contributed by atoms with E-state index in [4.69, 9.17) is 5.73 Å². The molecule has 12 nitrogen and oxygen atoms in total. The lowest BCUT2D eigenvalue weighted by Gasteiger charge is -2.26. The standard InChI is InChI=1S/C29H37N5O7S/c1-16(35)25(29(40)41)34-28(39)24(13-17-7-9-19(36)10-8-17)33-27(38)23(11-12-42-2)32-26(37)21(30)14-18-15-31-22-6-4-3-5-20(18)22/h3-10,15-16,21,23-25,31,35-36H,11-14,30H2,1-2H3,(H,32,37)(H,33,38)(H,34,39)(H,40,41). The molecule has 226 valence electrons. The first-order valence-electron chi connectivity index (χ1n) is 13.4. The Morgan fingerprint density at radius 3 is 2.21 bits per heavy atom. The number of carbonyl (C=O) groups is 4. The Kier molecular flexibility index (Phi) is 11.8. The van der Waals surface area contributed by atoms with Gasteiger partial charge in [-0.25, -0.2) is 4.79 Å². The number of phenols is 1. The first-order valence-corrected chi connectivity index (χ1v) is 14.8. The van der Waals surface area contributed by atoms with Crippen molar-refractivity contribution < 1.29 is 34.5 Å². The minimum Gasteiger partial charge on any atom is -0.508 e. The largest absolute Gasteiger partial charge is 0.508 e. The second kappa shape index (κ2) is 15.2. The number of carbonyl (C=O) groups excluding carboxylic acids is 3. The number of H-pyrrole nitrogens is 1. The Balaban J connectivity index is 1.76. The summed E-state index contributed by atoms with van der Waals surface area (Å²) in [6, 6.07) is 8.73. The van der Waals surface area contributed by atoms with E-state index in [0.29, 0.717) is 11.3 Å². The molecule has 5 unspecified atom stereocenters. The van der Waals surface area contributed by atoms with E-state index < -0.39 is 54.0 Å². The van der Waals surface area contributed by atoms with E-state index in [2.05, 4.69) is 20.9 Å². The van der Waals surface area contributed by atoms with Gasteiger partial charge in [-0.3, -0.25) is 14.4 Å². The lowest BCUT2D eigenvalue weighted by Crippen LogP contribution is -2.59. The molecule has 42 heavy (non-hydrogen) atoms. The first kappa shape index (κ1) is 32.4. The van der Waals surface area contributed by atoms with E-state index in [9.17, 15) is 34.5 Å². The molecular weight excluding hydrogens is 562 g/mol. The summed E-state index contributed by atoms with van der Waals surface area (Å²) in [6.07, 6.45) is 2.67. The molecule has 5 atom stereocenters. The molecule has 9 N–H and O–H groups in total. The van der Waals surface area contributed by atoms with Crippen LogP contribution in [0.1, 0.15) is 24.5 Å². The van der Waals surface area contributed by atoms with Gasteiger partial charge >= 0.3 is 5.97 Å². The van der Waals surface area contributed by atoms with Gasteiger partial charge in [-0.1, -0.05) is 30.3 Å². The molecule has 1 aromatic heterocycles. The van der Waals surface area contributed by atoms with Gasteiger partial charge in [0, 0.05) is 23.5 Å². The van der Waals surface area contributed by atoms with Gasteiger partial charge in [0.05, 0.1) is 12.1 Å². The fraction of sp³-hybridized carbons (Fsp3) is 0.379. The molecule has 0 aliphatic carbocycles. The third-order valence-corrected chi connectivity index (χ3v) is 7.39. The van der Waals surface area contributed by atoms with Gasteiger partial charge < -0.3 is 42.0 Å². The molecule has 3 aromatic rings. The summed E-state index contributed by atoms with van der Waals surface area (Å²) in [4.78, 5) is 54.4. The molecule has 0 aliphatic rings. The number of nitrogens with one attached hydrogen (secondary N) is 4. The highest BCUT2D eigenvalue weighted by Crippen LogP contribution is 2.19. The van der Waals surface area contributed by atoms with Crippen molar-refractivity contribution in [2.75, 3.05) is 12.0 Å². The number of aliphatic hydroxyl groups excluding tert-OH is 1. The summed E-state index contributed by atoms with van der Waals surface area (Å²) < 4.78 is 0. The average Bonchev–Trinajstić information content (AvgIpc) is 3.36. The molecule has 0 saturated heterocycles. The third-order valence-electron chi connectivity index (χ3n) is 6.75. The number of aromatic hydroxyl groups is 1. The van der Waals surface area contributed by atoms with Gasteiger partial charge in [-0.05, 0) is 61.1 Å². The second-order valence-electron chi connectivity index (χ2n) is 10.0. The van der Waals surface area contributed by atoms with Crippen LogP contribution in [0.2, 0.25) is 0 Å². The van der Waals surface area contributed by atoms with Crippen molar-refractivity contribution in [3.05, 3.63) is 65.9 Å². The third kappa shape index (κ3) is 8.96. The number of carboxylic acid groups (broad SMARTS) is 1. The number of amides is 3. The topological polar surface area (TPSA) is 207 Å². The molecule has 1 heterocycles. The van der Waals surface area contributed by atoms with E-state index in [1.807, 2.05) is 30.5 Å². The Morgan fingerprint density at radius 1 is 0.929 bits per heavy atom. The van der Waals surface area contributed by atoms with E-state index in [0.717, 1.165) is 16.5 Å². The fourth-order valence-corrected chi connectivity index (χ4v) is 4.88. The Bertz CT molecular complexity index is 1380. The van der Waals surface area contributed by atoms with E-state index in [1.54, 1.807) is 18.3 Å². The van der Waals surface area contributed by atoms with Crippen LogP contribution in [0.5, 0.6) is 5.75 Å². The maximum atomic E-state index is 13.4. The Morgan fingerprint density at radius 2 is 1.57 bits per heavy atom. The molecule has 0 fully saturated rings. The molecule has 0 saturated carbocycles. The predicted octanol–water partition coefficient (Wildman–Crippen LogP) is 0.659. The van der Waals surface area contributed by atoms with Gasteiger partial charge in [0.25, 0.3) is 0 Å². The van der Waals surface area contributed by atoms with Gasteiger partial charge in [-0.2, -0.15) is 11.8 Å². The van der Waals surface area contributed by atoms with Crippen molar-refractivity contribution in [1.82, 2.24) is 20.9 Å². The van der Waals surface area contributed by atoms with E-state index in [1.165, 1.54) is 30.8 Å². The van der Waals surface area contributed by atoms with Crippen LogP contribution in [0.3, 0.4) is 0 Å². The summed E-state index contributed by atoms with van der Waals surface area (Å²) in [5.41, 5.74) is 8.57.